The number of hydrogen-bond acceptors (Lipinski definition) is 3. The van der Waals surface area contributed by atoms with Crippen molar-refractivity contribution in [3.63, 3.8) is 0 Å². The van der Waals surface area contributed by atoms with E-state index in [9.17, 15) is 0 Å². The van der Waals surface area contributed by atoms with E-state index < -0.39 is 0 Å². The van der Waals surface area contributed by atoms with Crippen molar-refractivity contribution in [1.82, 2.24) is 4.90 Å². The van der Waals surface area contributed by atoms with Crippen LogP contribution in [0.3, 0.4) is 0 Å². The van der Waals surface area contributed by atoms with Crippen molar-refractivity contribution in [2.75, 3.05) is 33.4 Å². The van der Waals surface area contributed by atoms with Gasteiger partial charge < -0.3 is 14.4 Å². The average Bonchev–Trinajstić information content (AvgIpc) is 2.48. The summed E-state index contributed by atoms with van der Waals surface area (Å²) < 4.78 is 11.9. The molecular formula is C20H45NO2. The first-order chi connectivity index (χ1) is 10.7. The topological polar surface area (TPSA) is 21.7 Å². The predicted octanol–water partition coefficient (Wildman–Crippen LogP) is 5.38. The Morgan fingerprint density at radius 3 is 2.00 bits per heavy atom. The molecule has 3 nitrogen and oxygen atoms in total. The molecule has 0 aliphatic carbocycles. The number of likely N-dealkylation sites (tertiary alicyclic amines) is 1. The van der Waals surface area contributed by atoms with E-state index in [2.05, 4.69) is 46.6 Å². The second kappa shape index (κ2) is 13.2. The highest BCUT2D eigenvalue weighted by Crippen LogP contribution is 2.21. The van der Waals surface area contributed by atoms with Gasteiger partial charge in [-0.25, -0.2) is 0 Å². The Bertz CT molecular complexity index is 259. The molecule has 0 aromatic rings. The first kappa shape index (κ1) is 25.1. The molecule has 0 bridgehead atoms. The molecule has 0 amide bonds. The maximum absolute atomic E-state index is 6.13. The molecule has 0 radical (unpaired) electrons. The van der Waals surface area contributed by atoms with Gasteiger partial charge in [0.25, 0.3) is 0 Å². The van der Waals surface area contributed by atoms with Crippen molar-refractivity contribution in [2.45, 2.75) is 92.8 Å². The van der Waals surface area contributed by atoms with E-state index in [4.69, 9.17) is 9.47 Å². The van der Waals surface area contributed by atoms with Gasteiger partial charge in [0.05, 0.1) is 17.8 Å². The zero-order valence-corrected chi connectivity index (χ0v) is 17.8. The summed E-state index contributed by atoms with van der Waals surface area (Å²) in [5, 5.41) is 0. The fourth-order valence-electron chi connectivity index (χ4n) is 2.43. The number of ether oxygens (including phenoxy) is 2. The Morgan fingerprint density at radius 1 is 0.957 bits per heavy atom. The van der Waals surface area contributed by atoms with Crippen LogP contribution in [0.5, 0.6) is 0 Å². The molecule has 1 saturated heterocycles. The van der Waals surface area contributed by atoms with Gasteiger partial charge >= 0.3 is 0 Å². The van der Waals surface area contributed by atoms with Crippen molar-refractivity contribution in [3.05, 3.63) is 0 Å². The highest BCUT2D eigenvalue weighted by Gasteiger charge is 2.24. The standard InChI is InChI=1S/C16H33NO2.2C2H6/c1-15(2,3)18-11-9-16(4,5)19-13-14-8-7-10-17(6)12-14;2*1-2/h14H,7-13H2,1-6H3;2*1-2H3. The minimum absolute atomic E-state index is 0.0534. The van der Waals surface area contributed by atoms with Crippen LogP contribution in [0.1, 0.15) is 81.6 Å². The van der Waals surface area contributed by atoms with Crippen LogP contribution in [0, 0.1) is 5.92 Å². The lowest BCUT2D eigenvalue weighted by atomic mass is 9.98. The molecule has 3 heteroatoms. The first-order valence-electron chi connectivity index (χ1n) is 9.64. The molecule has 142 valence electrons. The highest BCUT2D eigenvalue weighted by molar-refractivity contribution is 4.74. The SMILES string of the molecule is CC.CC.CN1CCCC(COC(C)(C)CCOC(C)(C)C)C1. The molecule has 1 fully saturated rings. The summed E-state index contributed by atoms with van der Waals surface area (Å²) >= 11 is 0. The molecule has 0 saturated carbocycles. The summed E-state index contributed by atoms with van der Waals surface area (Å²) in [6.45, 7) is 22.7. The van der Waals surface area contributed by atoms with E-state index in [-0.39, 0.29) is 11.2 Å². The van der Waals surface area contributed by atoms with Crippen LogP contribution < -0.4 is 0 Å². The van der Waals surface area contributed by atoms with Crippen molar-refractivity contribution in [3.8, 4) is 0 Å². The number of hydrogen-bond donors (Lipinski definition) is 0. The van der Waals surface area contributed by atoms with Gasteiger partial charge in [0.1, 0.15) is 0 Å². The molecular weight excluding hydrogens is 286 g/mol. The van der Waals surface area contributed by atoms with Crippen LogP contribution in [0.25, 0.3) is 0 Å². The Morgan fingerprint density at radius 2 is 1.52 bits per heavy atom. The molecule has 0 aromatic heterocycles. The van der Waals surface area contributed by atoms with E-state index >= 15 is 0 Å². The zero-order chi connectivity index (χ0) is 18.5. The van der Waals surface area contributed by atoms with E-state index in [1.807, 2.05) is 27.7 Å². The molecule has 1 aliphatic heterocycles. The third kappa shape index (κ3) is 15.2. The van der Waals surface area contributed by atoms with Gasteiger partial charge in [-0.1, -0.05) is 27.7 Å². The number of nitrogens with zero attached hydrogens (tertiary/aromatic N) is 1. The fourth-order valence-corrected chi connectivity index (χ4v) is 2.43. The predicted molar refractivity (Wildman–Crippen MR) is 103 cm³/mol. The molecule has 23 heavy (non-hydrogen) atoms. The van der Waals surface area contributed by atoms with Crippen LogP contribution in [0.2, 0.25) is 0 Å². The smallest absolute Gasteiger partial charge is 0.0648 e. The summed E-state index contributed by atoms with van der Waals surface area (Å²) in [7, 11) is 2.20. The Hall–Kier alpha value is -0.120. The second-order valence-electron chi connectivity index (χ2n) is 7.55. The third-order valence-corrected chi connectivity index (χ3v) is 3.67. The summed E-state index contributed by atoms with van der Waals surface area (Å²) in [5.74, 6) is 0.696. The number of piperidine rings is 1. The van der Waals surface area contributed by atoms with Crippen LogP contribution in [-0.4, -0.2) is 49.5 Å². The van der Waals surface area contributed by atoms with Gasteiger partial charge in [0, 0.05) is 13.2 Å². The maximum Gasteiger partial charge on any atom is 0.0648 e. The van der Waals surface area contributed by atoms with E-state index in [1.165, 1.54) is 25.9 Å². The van der Waals surface area contributed by atoms with Gasteiger partial charge in [0.15, 0.2) is 0 Å². The van der Waals surface area contributed by atoms with Gasteiger partial charge in [-0.15, -0.1) is 0 Å². The average molecular weight is 332 g/mol. The van der Waals surface area contributed by atoms with Gasteiger partial charge in [-0.3, -0.25) is 0 Å². The Labute approximate surface area is 147 Å². The van der Waals surface area contributed by atoms with Crippen LogP contribution in [-0.2, 0) is 9.47 Å². The molecule has 0 N–H and O–H groups in total. The van der Waals surface area contributed by atoms with E-state index in [1.54, 1.807) is 0 Å². The van der Waals surface area contributed by atoms with E-state index in [0.717, 1.165) is 19.6 Å². The lowest BCUT2D eigenvalue weighted by Gasteiger charge is -2.33. The Balaban J connectivity index is 0. The summed E-state index contributed by atoms with van der Waals surface area (Å²) in [4.78, 5) is 2.41. The quantitative estimate of drug-likeness (QED) is 0.652. The van der Waals surface area contributed by atoms with Crippen molar-refractivity contribution in [2.24, 2.45) is 5.92 Å². The molecule has 1 rings (SSSR count). The highest BCUT2D eigenvalue weighted by atomic mass is 16.5. The van der Waals surface area contributed by atoms with Crippen molar-refractivity contribution < 1.29 is 9.47 Å². The number of rotatable bonds is 6. The van der Waals surface area contributed by atoms with Crippen molar-refractivity contribution >= 4 is 0 Å². The molecule has 1 atom stereocenters. The van der Waals surface area contributed by atoms with Gasteiger partial charge in [0.2, 0.25) is 0 Å². The summed E-state index contributed by atoms with van der Waals surface area (Å²) in [6.07, 6.45) is 3.56. The normalized spacial score (nSPS) is 19.3. The van der Waals surface area contributed by atoms with Gasteiger partial charge in [-0.2, -0.15) is 0 Å². The van der Waals surface area contributed by atoms with Crippen molar-refractivity contribution in [1.29, 1.82) is 0 Å². The Kier molecular flexibility index (Phi) is 14.4. The lowest BCUT2D eigenvalue weighted by Crippen LogP contribution is -2.37. The zero-order valence-electron chi connectivity index (χ0n) is 17.8. The molecule has 0 spiro atoms. The van der Waals surface area contributed by atoms with Crippen LogP contribution in [0.4, 0.5) is 0 Å². The van der Waals surface area contributed by atoms with Crippen LogP contribution >= 0.6 is 0 Å². The largest absolute Gasteiger partial charge is 0.376 e. The maximum atomic E-state index is 6.13. The first-order valence-corrected chi connectivity index (χ1v) is 9.64. The lowest BCUT2D eigenvalue weighted by molar-refractivity contribution is -0.0797. The second-order valence-corrected chi connectivity index (χ2v) is 7.55. The molecule has 0 aromatic carbocycles. The molecule has 1 heterocycles. The van der Waals surface area contributed by atoms with E-state index in [0.29, 0.717) is 5.92 Å². The molecule has 1 aliphatic rings. The summed E-state index contributed by atoms with van der Waals surface area (Å²) in [6, 6.07) is 0. The monoisotopic (exact) mass is 331 g/mol. The minimum Gasteiger partial charge on any atom is -0.376 e. The summed E-state index contributed by atoms with van der Waals surface area (Å²) in [5.41, 5.74) is -0.135. The van der Waals surface area contributed by atoms with Gasteiger partial charge in [-0.05, 0) is 73.4 Å². The fraction of sp³-hybridized carbons (Fsp3) is 1.00. The van der Waals surface area contributed by atoms with Crippen LogP contribution in [0.15, 0.2) is 0 Å². The molecule has 1 unspecified atom stereocenters. The minimum atomic E-state index is -0.0821. The third-order valence-electron chi connectivity index (χ3n) is 3.67.